The standard InChI is InChI=1S/C13H22N4O.ClH/c14-6-5-10-2-1-7-17(8-10)9-12-15-13(16-18-12)11-3-4-11;/h10-11H,1-9,14H2;1H. The van der Waals surface area contributed by atoms with Gasteiger partial charge in [0.05, 0.1) is 6.54 Å². The zero-order valence-electron chi connectivity index (χ0n) is 11.3. The smallest absolute Gasteiger partial charge is 0.240 e. The first kappa shape index (κ1) is 14.8. The molecule has 6 heteroatoms. The summed E-state index contributed by atoms with van der Waals surface area (Å²) >= 11 is 0. The first-order chi connectivity index (χ1) is 8.85. The number of hydrogen-bond acceptors (Lipinski definition) is 5. The highest BCUT2D eigenvalue weighted by Crippen LogP contribution is 2.38. The van der Waals surface area contributed by atoms with Crippen molar-refractivity contribution in [2.45, 2.75) is 44.6 Å². The van der Waals surface area contributed by atoms with E-state index in [1.165, 1.54) is 25.7 Å². The van der Waals surface area contributed by atoms with E-state index in [4.69, 9.17) is 10.3 Å². The van der Waals surface area contributed by atoms with Crippen LogP contribution in [0.4, 0.5) is 0 Å². The largest absolute Gasteiger partial charge is 0.338 e. The predicted octanol–water partition coefficient (Wildman–Crippen LogP) is 1.93. The summed E-state index contributed by atoms with van der Waals surface area (Å²) < 4.78 is 5.34. The van der Waals surface area contributed by atoms with E-state index in [-0.39, 0.29) is 12.4 Å². The van der Waals surface area contributed by atoms with Crippen LogP contribution in [0.25, 0.3) is 0 Å². The maximum atomic E-state index is 5.64. The van der Waals surface area contributed by atoms with Crippen LogP contribution in [0.3, 0.4) is 0 Å². The van der Waals surface area contributed by atoms with Crippen molar-refractivity contribution in [2.24, 2.45) is 11.7 Å². The number of halogens is 1. The fourth-order valence-electron chi connectivity index (χ4n) is 2.80. The van der Waals surface area contributed by atoms with Crippen molar-refractivity contribution in [1.29, 1.82) is 0 Å². The molecule has 0 bridgehead atoms. The Kier molecular flexibility index (Phi) is 5.19. The second-order valence-electron chi connectivity index (χ2n) is 5.64. The Bertz CT molecular complexity index is 392. The van der Waals surface area contributed by atoms with Crippen LogP contribution < -0.4 is 5.73 Å². The highest BCUT2D eigenvalue weighted by Gasteiger charge is 2.29. The first-order valence-corrected chi connectivity index (χ1v) is 7.10. The molecule has 2 N–H and O–H groups in total. The molecular formula is C13H23ClN4O. The number of piperidine rings is 1. The second-order valence-corrected chi connectivity index (χ2v) is 5.64. The summed E-state index contributed by atoms with van der Waals surface area (Å²) in [5, 5.41) is 4.07. The van der Waals surface area contributed by atoms with Gasteiger partial charge in [0.1, 0.15) is 0 Å². The van der Waals surface area contributed by atoms with Crippen LogP contribution in [0.5, 0.6) is 0 Å². The van der Waals surface area contributed by atoms with Crippen LogP contribution >= 0.6 is 12.4 Å². The summed E-state index contributed by atoms with van der Waals surface area (Å²) in [5.41, 5.74) is 5.64. The lowest BCUT2D eigenvalue weighted by Crippen LogP contribution is -2.35. The third-order valence-electron chi connectivity index (χ3n) is 3.96. The van der Waals surface area contributed by atoms with Crippen molar-refractivity contribution in [3.8, 4) is 0 Å². The van der Waals surface area contributed by atoms with Gasteiger partial charge in [0.2, 0.25) is 5.89 Å². The molecule has 1 aromatic rings. The molecular weight excluding hydrogens is 264 g/mol. The summed E-state index contributed by atoms with van der Waals surface area (Å²) in [6.07, 6.45) is 6.15. The number of likely N-dealkylation sites (tertiary alicyclic amines) is 1. The molecule has 1 saturated heterocycles. The molecule has 3 rings (SSSR count). The summed E-state index contributed by atoms with van der Waals surface area (Å²) in [6.45, 7) is 3.87. The minimum absolute atomic E-state index is 0. The Hall–Kier alpha value is -0.650. The van der Waals surface area contributed by atoms with Crippen LogP contribution in [-0.4, -0.2) is 34.7 Å². The molecule has 0 radical (unpaired) electrons. The van der Waals surface area contributed by atoms with E-state index in [9.17, 15) is 0 Å². The second kappa shape index (κ2) is 6.68. The normalized spacial score (nSPS) is 24.2. The minimum Gasteiger partial charge on any atom is -0.338 e. The molecule has 0 spiro atoms. The van der Waals surface area contributed by atoms with E-state index in [1.54, 1.807) is 0 Å². The van der Waals surface area contributed by atoms with Gasteiger partial charge in [0, 0.05) is 12.5 Å². The van der Waals surface area contributed by atoms with Gasteiger partial charge >= 0.3 is 0 Å². The molecule has 108 valence electrons. The predicted molar refractivity (Wildman–Crippen MR) is 75.2 cm³/mol. The van der Waals surface area contributed by atoms with E-state index in [2.05, 4.69) is 15.0 Å². The van der Waals surface area contributed by atoms with Crippen molar-refractivity contribution in [2.75, 3.05) is 19.6 Å². The van der Waals surface area contributed by atoms with Crippen molar-refractivity contribution >= 4 is 12.4 Å². The fourth-order valence-corrected chi connectivity index (χ4v) is 2.80. The van der Waals surface area contributed by atoms with Crippen molar-refractivity contribution in [3.05, 3.63) is 11.7 Å². The molecule has 1 saturated carbocycles. The SMILES string of the molecule is Cl.NCCC1CCCN(Cc2nc(C3CC3)no2)C1. The molecule has 1 aromatic heterocycles. The van der Waals surface area contributed by atoms with E-state index in [0.29, 0.717) is 5.92 Å². The van der Waals surface area contributed by atoms with Crippen LogP contribution in [0, 0.1) is 5.92 Å². The number of nitrogens with zero attached hydrogens (tertiary/aromatic N) is 3. The third kappa shape index (κ3) is 3.91. The number of rotatable bonds is 5. The van der Waals surface area contributed by atoms with Crippen LogP contribution in [0.2, 0.25) is 0 Å². The average Bonchev–Trinajstić information content (AvgIpc) is 3.12. The van der Waals surface area contributed by atoms with Crippen LogP contribution in [0.15, 0.2) is 4.52 Å². The zero-order valence-corrected chi connectivity index (χ0v) is 12.1. The number of nitrogens with two attached hydrogens (primary N) is 1. The summed E-state index contributed by atoms with van der Waals surface area (Å²) in [6, 6.07) is 0. The molecule has 1 aliphatic carbocycles. The van der Waals surface area contributed by atoms with Gasteiger partial charge in [0.15, 0.2) is 5.82 Å². The molecule has 1 unspecified atom stereocenters. The summed E-state index contributed by atoms with van der Waals surface area (Å²) in [7, 11) is 0. The zero-order chi connectivity index (χ0) is 12.4. The van der Waals surface area contributed by atoms with Gasteiger partial charge in [0.25, 0.3) is 0 Å². The molecule has 1 aliphatic heterocycles. The van der Waals surface area contributed by atoms with E-state index in [1.807, 2.05) is 0 Å². The lowest BCUT2D eigenvalue weighted by atomic mass is 9.95. The van der Waals surface area contributed by atoms with Gasteiger partial charge in [-0.05, 0) is 51.1 Å². The third-order valence-corrected chi connectivity index (χ3v) is 3.96. The van der Waals surface area contributed by atoms with Gasteiger partial charge in [-0.25, -0.2) is 0 Å². The highest BCUT2D eigenvalue weighted by atomic mass is 35.5. The molecule has 5 nitrogen and oxygen atoms in total. The van der Waals surface area contributed by atoms with Crippen LogP contribution in [0.1, 0.15) is 49.7 Å². The maximum absolute atomic E-state index is 5.64. The van der Waals surface area contributed by atoms with Gasteiger partial charge < -0.3 is 10.3 Å². The monoisotopic (exact) mass is 286 g/mol. The Morgan fingerprint density at radius 2 is 2.16 bits per heavy atom. The number of aromatic nitrogens is 2. The molecule has 19 heavy (non-hydrogen) atoms. The van der Waals surface area contributed by atoms with Crippen molar-refractivity contribution < 1.29 is 4.52 Å². The minimum atomic E-state index is 0. The van der Waals surface area contributed by atoms with Crippen molar-refractivity contribution in [1.82, 2.24) is 15.0 Å². The summed E-state index contributed by atoms with van der Waals surface area (Å²) in [5.74, 6) is 3.02. The van der Waals surface area contributed by atoms with Crippen LogP contribution in [-0.2, 0) is 6.54 Å². The van der Waals surface area contributed by atoms with Gasteiger partial charge in [-0.2, -0.15) is 4.98 Å². The van der Waals surface area contributed by atoms with Crippen molar-refractivity contribution in [3.63, 3.8) is 0 Å². The lowest BCUT2D eigenvalue weighted by molar-refractivity contribution is 0.146. The van der Waals surface area contributed by atoms with E-state index >= 15 is 0 Å². The Balaban J connectivity index is 0.00000133. The quantitative estimate of drug-likeness (QED) is 0.896. The lowest BCUT2D eigenvalue weighted by Gasteiger charge is -2.31. The van der Waals surface area contributed by atoms with Gasteiger partial charge in [-0.3, -0.25) is 4.90 Å². The average molecular weight is 287 g/mol. The Morgan fingerprint density at radius 3 is 2.89 bits per heavy atom. The van der Waals surface area contributed by atoms with Gasteiger partial charge in [-0.1, -0.05) is 5.16 Å². The highest BCUT2D eigenvalue weighted by molar-refractivity contribution is 5.85. The van der Waals surface area contributed by atoms with E-state index < -0.39 is 0 Å². The molecule has 0 aromatic carbocycles. The number of hydrogen-bond donors (Lipinski definition) is 1. The molecule has 0 amide bonds. The topological polar surface area (TPSA) is 68.2 Å². The first-order valence-electron chi connectivity index (χ1n) is 7.10. The molecule has 2 fully saturated rings. The Morgan fingerprint density at radius 1 is 1.32 bits per heavy atom. The maximum Gasteiger partial charge on any atom is 0.240 e. The van der Waals surface area contributed by atoms with E-state index in [0.717, 1.165) is 50.2 Å². The fraction of sp³-hybridized carbons (Fsp3) is 0.846. The Labute approximate surface area is 120 Å². The molecule has 1 atom stereocenters. The molecule has 2 aliphatic rings. The summed E-state index contributed by atoms with van der Waals surface area (Å²) in [4.78, 5) is 6.92. The van der Waals surface area contributed by atoms with Gasteiger partial charge in [-0.15, -0.1) is 12.4 Å². The molecule has 2 heterocycles.